The fraction of sp³-hybridized carbons (Fsp3) is 0.455. The summed E-state index contributed by atoms with van der Waals surface area (Å²) in [6, 6.07) is 4.69. The van der Waals surface area contributed by atoms with Crippen LogP contribution in [0.3, 0.4) is 0 Å². The summed E-state index contributed by atoms with van der Waals surface area (Å²) in [5, 5.41) is 2.77. The molecule has 0 atom stereocenters. The Morgan fingerprint density at radius 1 is 1.10 bits per heavy atom. The maximum absolute atomic E-state index is 12.3. The lowest BCUT2D eigenvalue weighted by Crippen LogP contribution is -2.29. The molecule has 0 aliphatic rings. The normalized spacial score (nSPS) is 12.6. The molecule has 0 aromatic heterocycles. The Morgan fingerprint density at radius 2 is 1.67 bits per heavy atom. The van der Waals surface area contributed by atoms with Crippen LogP contribution < -0.4 is 10.0 Å². The summed E-state index contributed by atoms with van der Waals surface area (Å²) in [6.07, 6.45) is 0. The maximum Gasteiger partial charge on any atom is 0.341 e. The van der Waals surface area contributed by atoms with Crippen molar-refractivity contribution in [1.82, 2.24) is 4.72 Å². The van der Waals surface area contributed by atoms with Crippen LogP contribution in [-0.4, -0.2) is 41.4 Å². The number of alkyl halides is 2. The molecule has 10 heteroatoms. The highest BCUT2D eigenvalue weighted by molar-refractivity contribution is 7.91. The van der Waals surface area contributed by atoms with Gasteiger partial charge in [0.25, 0.3) is 0 Å². The SMILES string of the molecule is CCNS(=O)(=O)CCNc1ccc(S(=O)(=O)C(F)F)cc1. The van der Waals surface area contributed by atoms with Crippen LogP contribution in [0.5, 0.6) is 0 Å². The first-order valence-electron chi connectivity index (χ1n) is 6.02. The summed E-state index contributed by atoms with van der Waals surface area (Å²) < 4.78 is 72.1. The molecule has 0 heterocycles. The average molecular weight is 342 g/mol. The Labute approximate surface area is 122 Å². The van der Waals surface area contributed by atoms with E-state index in [4.69, 9.17) is 0 Å². The van der Waals surface area contributed by atoms with E-state index < -0.39 is 30.5 Å². The summed E-state index contributed by atoms with van der Waals surface area (Å²) in [5.74, 6) is -3.63. The second kappa shape index (κ2) is 7.14. The lowest BCUT2D eigenvalue weighted by atomic mass is 10.3. The number of halogens is 2. The molecule has 2 N–H and O–H groups in total. The molecule has 21 heavy (non-hydrogen) atoms. The third-order valence-corrected chi connectivity index (χ3v) is 5.35. The molecular formula is C11H16F2N2O4S2. The smallest absolute Gasteiger partial charge is 0.341 e. The van der Waals surface area contributed by atoms with E-state index >= 15 is 0 Å². The van der Waals surface area contributed by atoms with E-state index in [0.29, 0.717) is 12.2 Å². The van der Waals surface area contributed by atoms with E-state index in [1.54, 1.807) is 6.92 Å². The van der Waals surface area contributed by atoms with E-state index in [9.17, 15) is 25.6 Å². The molecule has 6 nitrogen and oxygen atoms in total. The van der Waals surface area contributed by atoms with Crippen molar-refractivity contribution < 1.29 is 25.6 Å². The molecule has 0 spiro atoms. The Hall–Kier alpha value is -1.26. The van der Waals surface area contributed by atoms with Gasteiger partial charge in [-0.25, -0.2) is 21.6 Å². The molecule has 120 valence electrons. The molecule has 0 unspecified atom stereocenters. The van der Waals surface area contributed by atoms with Gasteiger partial charge in [-0.05, 0) is 24.3 Å². The zero-order valence-electron chi connectivity index (χ0n) is 11.2. The highest BCUT2D eigenvalue weighted by Gasteiger charge is 2.26. The lowest BCUT2D eigenvalue weighted by Gasteiger charge is -2.08. The summed E-state index contributed by atoms with van der Waals surface area (Å²) in [7, 11) is -7.96. The average Bonchev–Trinajstić information content (AvgIpc) is 2.38. The Balaban J connectivity index is 2.65. The fourth-order valence-corrected chi connectivity index (χ4v) is 3.16. The van der Waals surface area contributed by atoms with Gasteiger partial charge in [0.2, 0.25) is 19.9 Å². The van der Waals surface area contributed by atoms with Crippen molar-refractivity contribution in [3.8, 4) is 0 Å². The van der Waals surface area contributed by atoms with Gasteiger partial charge in [-0.1, -0.05) is 6.92 Å². The zero-order chi connectivity index (χ0) is 16.1. The summed E-state index contributed by atoms with van der Waals surface area (Å²) in [4.78, 5) is -0.483. The third-order valence-electron chi connectivity index (χ3n) is 2.48. The lowest BCUT2D eigenvalue weighted by molar-refractivity contribution is 0.234. The number of benzene rings is 1. The maximum atomic E-state index is 12.3. The first kappa shape index (κ1) is 17.8. The van der Waals surface area contributed by atoms with Gasteiger partial charge >= 0.3 is 5.76 Å². The summed E-state index contributed by atoms with van der Waals surface area (Å²) >= 11 is 0. The minimum atomic E-state index is -4.61. The van der Waals surface area contributed by atoms with Crippen molar-refractivity contribution in [1.29, 1.82) is 0 Å². The van der Waals surface area contributed by atoms with Crippen molar-refractivity contribution >= 4 is 25.5 Å². The second-order valence-electron chi connectivity index (χ2n) is 4.07. The minimum absolute atomic E-state index is 0.107. The van der Waals surface area contributed by atoms with Crippen LogP contribution in [0, 0.1) is 0 Å². The molecule has 0 saturated carbocycles. The van der Waals surface area contributed by atoms with E-state index in [1.165, 1.54) is 12.1 Å². The number of sulfonamides is 1. The van der Waals surface area contributed by atoms with Crippen molar-refractivity contribution in [2.45, 2.75) is 17.6 Å². The van der Waals surface area contributed by atoms with Crippen LogP contribution in [0.15, 0.2) is 29.2 Å². The third kappa shape index (κ3) is 5.21. The van der Waals surface area contributed by atoms with Crippen LogP contribution in [0.1, 0.15) is 6.92 Å². The molecule has 0 fully saturated rings. The van der Waals surface area contributed by atoms with Crippen LogP contribution in [0.4, 0.5) is 14.5 Å². The molecule has 1 rings (SSSR count). The Bertz CT molecular complexity index is 658. The molecule has 1 aromatic rings. The van der Waals surface area contributed by atoms with Gasteiger partial charge in [-0.15, -0.1) is 0 Å². The van der Waals surface area contributed by atoms with Gasteiger partial charge in [0.05, 0.1) is 10.6 Å². The molecule has 0 amide bonds. The fourth-order valence-electron chi connectivity index (χ4n) is 1.49. The predicted octanol–water partition coefficient (Wildman–Crippen LogP) is 1.03. The van der Waals surface area contributed by atoms with E-state index in [1.807, 2.05) is 0 Å². The summed E-state index contributed by atoms with van der Waals surface area (Å²) in [6.45, 7) is 2.06. The zero-order valence-corrected chi connectivity index (χ0v) is 12.8. The number of rotatable bonds is 8. The Morgan fingerprint density at radius 3 is 2.14 bits per heavy atom. The van der Waals surface area contributed by atoms with Gasteiger partial charge < -0.3 is 5.32 Å². The molecule has 0 aliphatic carbocycles. The number of sulfone groups is 1. The van der Waals surface area contributed by atoms with Crippen molar-refractivity contribution in [2.75, 3.05) is 24.2 Å². The standard InChI is InChI=1S/C11H16F2N2O4S2/c1-2-15-20(16,17)8-7-14-9-3-5-10(6-4-9)21(18,19)11(12)13/h3-6,11,14-15H,2,7-8H2,1H3. The van der Waals surface area contributed by atoms with E-state index in [0.717, 1.165) is 12.1 Å². The van der Waals surface area contributed by atoms with Crippen molar-refractivity contribution in [3.63, 3.8) is 0 Å². The Kier molecular flexibility index (Phi) is 6.05. The molecule has 0 saturated heterocycles. The van der Waals surface area contributed by atoms with Crippen LogP contribution in [-0.2, 0) is 19.9 Å². The minimum Gasteiger partial charge on any atom is -0.384 e. The molecule has 0 aliphatic heterocycles. The van der Waals surface area contributed by atoms with Gasteiger partial charge in [-0.3, -0.25) is 0 Å². The second-order valence-corrected chi connectivity index (χ2v) is 7.92. The monoisotopic (exact) mass is 342 g/mol. The van der Waals surface area contributed by atoms with Gasteiger partial charge in [0.1, 0.15) is 0 Å². The first-order chi connectivity index (χ1) is 9.69. The van der Waals surface area contributed by atoms with Crippen LogP contribution in [0.2, 0.25) is 0 Å². The molecule has 0 radical (unpaired) electrons. The van der Waals surface area contributed by atoms with Gasteiger partial charge in [-0.2, -0.15) is 8.78 Å². The predicted molar refractivity (Wildman–Crippen MR) is 75.6 cm³/mol. The van der Waals surface area contributed by atoms with Crippen molar-refractivity contribution in [2.24, 2.45) is 0 Å². The number of anilines is 1. The first-order valence-corrected chi connectivity index (χ1v) is 9.22. The van der Waals surface area contributed by atoms with E-state index in [2.05, 4.69) is 10.0 Å². The number of hydrogen-bond donors (Lipinski definition) is 2. The summed E-state index contributed by atoms with van der Waals surface area (Å²) in [5.41, 5.74) is 0.440. The van der Waals surface area contributed by atoms with E-state index in [-0.39, 0.29) is 12.3 Å². The topological polar surface area (TPSA) is 92.3 Å². The van der Waals surface area contributed by atoms with Crippen molar-refractivity contribution in [3.05, 3.63) is 24.3 Å². The van der Waals surface area contributed by atoms with Crippen LogP contribution >= 0.6 is 0 Å². The highest BCUT2D eigenvalue weighted by Crippen LogP contribution is 2.20. The molecular weight excluding hydrogens is 326 g/mol. The number of nitrogens with one attached hydrogen (secondary N) is 2. The molecule has 1 aromatic carbocycles. The van der Waals surface area contributed by atoms with Crippen LogP contribution in [0.25, 0.3) is 0 Å². The highest BCUT2D eigenvalue weighted by atomic mass is 32.2. The quantitative estimate of drug-likeness (QED) is 0.736. The number of hydrogen-bond acceptors (Lipinski definition) is 5. The largest absolute Gasteiger partial charge is 0.384 e. The van der Waals surface area contributed by atoms with Gasteiger partial charge in [0, 0.05) is 18.8 Å². The van der Waals surface area contributed by atoms with Gasteiger partial charge in [0.15, 0.2) is 0 Å². The molecule has 0 bridgehead atoms.